The summed E-state index contributed by atoms with van der Waals surface area (Å²) in [6.07, 6.45) is 1.81. The van der Waals surface area contributed by atoms with Crippen molar-refractivity contribution >= 4 is 57.8 Å². The van der Waals surface area contributed by atoms with Crippen molar-refractivity contribution < 1.29 is 9.53 Å². The fourth-order valence-corrected chi connectivity index (χ4v) is 3.26. The number of amidine groups is 1. The van der Waals surface area contributed by atoms with Crippen molar-refractivity contribution in [3.63, 3.8) is 0 Å². The molecule has 7 heteroatoms. The molecule has 0 unspecified atom stereocenters. The second kappa shape index (κ2) is 7.95. The lowest BCUT2D eigenvalue weighted by molar-refractivity contribution is -0.115. The Bertz CT molecular complexity index is 864. The zero-order valence-electron chi connectivity index (χ0n) is 13.3. The first kappa shape index (κ1) is 17.9. The molecule has 0 aliphatic carbocycles. The molecule has 1 aliphatic heterocycles. The SMILES string of the molecule is CCOc1ccc(C=C2SC(=Nc3ccc(Cl)c(Cl)c3)NC2=O)cc1. The monoisotopic (exact) mass is 392 g/mol. The molecule has 0 bridgehead atoms. The van der Waals surface area contributed by atoms with Crippen LogP contribution in [0.4, 0.5) is 5.69 Å². The fourth-order valence-electron chi connectivity index (χ4n) is 2.13. The van der Waals surface area contributed by atoms with Gasteiger partial charge in [0.05, 0.1) is 27.2 Å². The van der Waals surface area contributed by atoms with Crippen molar-refractivity contribution in [2.75, 3.05) is 6.61 Å². The molecule has 1 saturated heterocycles. The van der Waals surface area contributed by atoms with E-state index in [1.807, 2.05) is 37.3 Å². The van der Waals surface area contributed by atoms with Crippen LogP contribution in [0.25, 0.3) is 6.08 Å². The van der Waals surface area contributed by atoms with Gasteiger partial charge < -0.3 is 10.1 Å². The van der Waals surface area contributed by atoms with Crippen LogP contribution in [0.1, 0.15) is 12.5 Å². The Labute approximate surface area is 159 Å². The van der Waals surface area contributed by atoms with Crippen LogP contribution in [-0.4, -0.2) is 17.7 Å². The fraction of sp³-hybridized carbons (Fsp3) is 0.111. The molecule has 25 heavy (non-hydrogen) atoms. The highest BCUT2D eigenvalue weighted by Gasteiger charge is 2.23. The number of carbonyl (C=O) groups excluding carboxylic acids is 1. The van der Waals surface area contributed by atoms with Crippen molar-refractivity contribution in [1.29, 1.82) is 0 Å². The van der Waals surface area contributed by atoms with Gasteiger partial charge in [-0.05, 0) is 60.7 Å². The Morgan fingerprint density at radius 2 is 1.92 bits per heavy atom. The molecule has 0 spiro atoms. The summed E-state index contributed by atoms with van der Waals surface area (Å²) in [6, 6.07) is 12.6. The minimum absolute atomic E-state index is 0.183. The van der Waals surface area contributed by atoms with Crippen LogP contribution < -0.4 is 10.1 Å². The highest BCUT2D eigenvalue weighted by atomic mass is 35.5. The number of aliphatic imine (C=N–C) groups is 1. The molecule has 1 heterocycles. The van der Waals surface area contributed by atoms with Crippen LogP contribution in [0.15, 0.2) is 52.4 Å². The maximum Gasteiger partial charge on any atom is 0.264 e. The minimum Gasteiger partial charge on any atom is -0.494 e. The zero-order chi connectivity index (χ0) is 17.8. The van der Waals surface area contributed by atoms with E-state index in [4.69, 9.17) is 27.9 Å². The van der Waals surface area contributed by atoms with Crippen LogP contribution in [0.2, 0.25) is 10.0 Å². The highest BCUT2D eigenvalue weighted by molar-refractivity contribution is 8.18. The Hall–Kier alpha value is -1.95. The van der Waals surface area contributed by atoms with Crippen molar-refractivity contribution in [3.8, 4) is 5.75 Å². The van der Waals surface area contributed by atoms with Gasteiger partial charge in [0.1, 0.15) is 5.75 Å². The van der Waals surface area contributed by atoms with E-state index in [-0.39, 0.29) is 5.91 Å². The number of nitrogens with one attached hydrogen (secondary N) is 1. The van der Waals surface area contributed by atoms with Crippen LogP contribution in [0, 0.1) is 0 Å². The second-order valence-corrected chi connectivity index (χ2v) is 6.93. The summed E-state index contributed by atoms with van der Waals surface area (Å²) >= 11 is 13.1. The van der Waals surface area contributed by atoms with E-state index >= 15 is 0 Å². The van der Waals surface area contributed by atoms with Crippen LogP contribution in [0.3, 0.4) is 0 Å². The number of amides is 1. The molecule has 0 radical (unpaired) electrons. The lowest BCUT2D eigenvalue weighted by Crippen LogP contribution is -2.19. The van der Waals surface area contributed by atoms with Crippen LogP contribution >= 0.6 is 35.0 Å². The first-order valence-corrected chi connectivity index (χ1v) is 9.10. The molecule has 1 aliphatic rings. The van der Waals surface area contributed by atoms with Gasteiger partial charge in [-0.1, -0.05) is 35.3 Å². The third kappa shape index (κ3) is 4.57. The topological polar surface area (TPSA) is 50.7 Å². The quantitative estimate of drug-likeness (QED) is 0.719. The third-order valence-corrected chi connectivity index (χ3v) is 4.92. The van der Waals surface area contributed by atoms with E-state index in [1.54, 1.807) is 18.2 Å². The van der Waals surface area contributed by atoms with Gasteiger partial charge in [0.2, 0.25) is 0 Å². The Morgan fingerprint density at radius 1 is 1.16 bits per heavy atom. The van der Waals surface area contributed by atoms with Gasteiger partial charge in [0, 0.05) is 0 Å². The summed E-state index contributed by atoms with van der Waals surface area (Å²) in [5.74, 6) is 0.618. The Balaban J connectivity index is 1.77. The van der Waals surface area contributed by atoms with Crippen molar-refractivity contribution in [2.45, 2.75) is 6.92 Å². The van der Waals surface area contributed by atoms with Gasteiger partial charge in [-0.3, -0.25) is 4.79 Å². The molecule has 128 valence electrons. The van der Waals surface area contributed by atoms with E-state index in [0.717, 1.165) is 11.3 Å². The van der Waals surface area contributed by atoms with E-state index < -0.39 is 0 Å². The third-order valence-electron chi connectivity index (χ3n) is 3.27. The molecular weight excluding hydrogens is 379 g/mol. The van der Waals surface area contributed by atoms with Crippen molar-refractivity contribution in [2.24, 2.45) is 4.99 Å². The molecule has 1 amide bonds. The molecule has 0 saturated carbocycles. The minimum atomic E-state index is -0.183. The van der Waals surface area contributed by atoms with Crippen LogP contribution in [0.5, 0.6) is 5.75 Å². The molecule has 4 nitrogen and oxygen atoms in total. The largest absolute Gasteiger partial charge is 0.494 e. The Morgan fingerprint density at radius 3 is 2.60 bits per heavy atom. The van der Waals surface area contributed by atoms with Gasteiger partial charge in [-0.15, -0.1) is 0 Å². The summed E-state index contributed by atoms with van der Waals surface area (Å²) in [5.41, 5.74) is 1.54. The van der Waals surface area contributed by atoms with E-state index in [2.05, 4.69) is 10.3 Å². The van der Waals surface area contributed by atoms with E-state index in [9.17, 15) is 4.79 Å². The van der Waals surface area contributed by atoms with Gasteiger partial charge >= 0.3 is 0 Å². The predicted octanol–water partition coefficient (Wildman–Crippen LogP) is 5.28. The first-order valence-electron chi connectivity index (χ1n) is 7.52. The molecule has 3 rings (SSSR count). The number of hydrogen-bond acceptors (Lipinski definition) is 4. The molecule has 1 fully saturated rings. The number of halogens is 2. The summed E-state index contributed by atoms with van der Waals surface area (Å²) in [5, 5.41) is 4.13. The first-order chi connectivity index (χ1) is 12.0. The summed E-state index contributed by atoms with van der Waals surface area (Å²) in [6.45, 7) is 2.55. The smallest absolute Gasteiger partial charge is 0.264 e. The molecule has 0 aromatic heterocycles. The lowest BCUT2D eigenvalue weighted by Gasteiger charge is -2.02. The molecular formula is C18H14Cl2N2O2S. The molecule has 1 N–H and O–H groups in total. The number of carbonyl (C=O) groups is 1. The molecule has 2 aromatic carbocycles. The molecule has 0 atom stereocenters. The van der Waals surface area contributed by atoms with Gasteiger partial charge in [-0.2, -0.15) is 0 Å². The summed E-state index contributed by atoms with van der Waals surface area (Å²) < 4.78 is 5.41. The maximum absolute atomic E-state index is 12.1. The standard InChI is InChI=1S/C18H14Cl2N2O2S/c1-2-24-13-6-3-11(4-7-13)9-16-17(23)22-18(25-16)21-12-5-8-14(19)15(20)10-12/h3-10H,2H2,1H3,(H,21,22,23). The maximum atomic E-state index is 12.1. The summed E-state index contributed by atoms with van der Waals surface area (Å²) in [7, 11) is 0. The number of ether oxygens (including phenoxy) is 1. The molecule has 2 aromatic rings. The second-order valence-electron chi connectivity index (χ2n) is 5.08. The van der Waals surface area contributed by atoms with Crippen molar-refractivity contribution in [1.82, 2.24) is 5.32 Å². The van der Waals surface area contributed by atoms with E-state index in [0.29, 0.717) is 32.4 Å². The number of benzene rings is 2. The number of thioether (sulfide) groups is 1. The zero-order valence-corrected chi connectivity index (χ0v) is 15.6. The average molecular weight is 393 g/mol. The van der Waals surface area contributed by atoms with E-state index in [1.165, 1.54) is 11.8 Å². The number of rotatable bonds is 4. The van der Waals surface area contributed by atoms with Crippen LogP contribution in [-0.2, 0) is 4.79 Å². The normalized spacial score (nSPS) is 17.2. The predicted molar refractivity (Wildman–Crippen MR) is 105 cm³/mol. The highest BCUT2D eigenvalue weighted by Crippen LogP contribution is 2.31. The number of nitrogens with zero attached hydrogens (tertiary/aromatic N) is 1. The number of hydrogen-bond donors (Lipinski definition) is 1. The Kier molecular flexibility index (Phi) is 5.68. The average Bonchev–Trinajstić information content (AvgIpc) is 2.92. The van der Waals surface area contributed by atoms with Gasteiger partial charge in [0.15, 0.2) is 5.17 Å². The van der Waals surface area contributed by atoms with Crippen molar-refractivity contribution in [3.05, 3.63) is 63.0 Å². The summed E-state index contributed by atoms with van der Waals surface area (Å²) in [4.78, 5) is 17.1. The lowest BCUT2D eigenvalue weighted by atomic mass is 10.2. The van der Waals surface area contributed by atoms with Gasteiger partial charge in [-0.25, -0.2) is 4.99 Å². The van der Waals surface area contributed by atoms with Gasteiger partial charge in [0.25, 0.3) is 5.91 Å².